The molecule has 0 aliphatic heterocycles. The molecule has 0 bridgehead atoms. The summed E-state index contributed by atoms with van der Waals surface area (Å²) in [5, 5.41) is 11.5. The maximum absolute atomic E-state index is 10.7. The second-order valence-corrected chi connectivity index (χ2v) is 1.96. The molecule has 10 heavy (non-hydrogen) atoms. The third-order valence-corrected chi connectivity index (χ3v) is 0.997. The number of hydrogen-bond donors (Lipinski definition) is 3. The van der Waals surface area contributed by atoms with Crippen LogP contribution < -0.4 is 16.7 Å². The molecular formula is C5H15N4O-. The Labute approximate surface area is 61.1 Å². The van der Waals surface area contributed by atoms with Crippen LogP contribution in [0.25, 0.3) is 0 Å². The van der Waals surface area contributed by atoms with E-state index in [1.165, 1.54) is 0 Å². The summed E-state index contributed by atoms with van der Waals surface area (Å²) >= 11 is 0. The Morgan fingerprint density at radius 1 is 1.50 bits per heavy atom. The van der Waals surface area contributed by atoms with Crippen molar-refractivity contribution >= 4 is 0 Å². The fourth-order valence-corrected chi connectivity index (χ4v) is 0.482. The van der Waals surface area contributed by atoms with Crippen LogP contribution in [-0.4, -0.2) is 24.8 Å². The van der Waals surface area contributed by atoms with Gasteiger partial charge in [-0.2, -0.15) is 0 Å². The topological polar surface area (TPSA) is 76.4 Å². The van der Waals surface area contributed by atoms with Gasteiger partial charge >= 0.3 is 0 Å². The Kier molecular flexibility index (Phi) is 6.78. The van der Waals surface area contributed by atoms with Gasteiger partial charge in [0, 0.05) is 19.6 Å². The van der Waals surface area contributed by atoms with E-state index in [0.29, 0.717) is 19.6 Å². The molecule has 62 valence electrons. The Morgan fingerprint density at radius 2 is 2.20 bits per heavy atom. The van der Waals surface area contributed by atoms with Crippen LogP contribution in [0.15, 0.2) is 0 Å². The van der Waals surface area contributed by atoms with Crippen LogP contribution in [0.1, 0.15) is 13.3 Å². The molecular weight excluding hydrogens is 132 g/mol. The van der Waals surface area contributed by atoms with Crippen LogP contribution in [0, 0.1) is 5.21 Å². The third kappa shape index (κ3) is 5.93. The van der Waals surface area contributed by atoms with Crippen LogP contribution in [0.4, 0.5) is 0 Å². The summed E-state index contributed by atoms with van der Waals surface area (Å²) < 4.78 is 0. The highest BCUT2D eigenvalue weighted by Crippen LogP contribution is 1.76. The smallest absolute Gasteiger partial charge is 0.0228 e. The molecule has 0 rings (SSSR count). The largest absolute Gasteiger partial charge is 0.772 e. The average molecular weight is 147 g/mol. The van der Waals surface area contributed by atoms with Gasteiger partial charge in [0.2, 0.25) is 0 Å². The molecule has 0 spiro atoms. The van der Waals surface area contributed by atoms with Crippen molar-refractivity contribution in [1.29, 1.82) is 0 Å². The highest BCUT2D eigenvalue weighted by Gasteiger charge is 1.86. The zero-order valence-electron chi connectivity index (χ0n) is 6.26. The highest BCUT2D eigenvalue weighted by molar-refractivity contribution is 4.51. The molecule has 0 saturated heterocycles. The lowest BCUT2D eigenvalue weighted by molar-refractivity contribution is 0.272. The van der Waals surface area contributed by atoms with Gasteiger partial charge in [0.1, 0.15) is 0 Å². The van der Waals surface area contributed by atoms with Gasteiger partial charge in [0.15, 0.2) is 0 Å². The van der Waals surface area contributed by atoms with E-state index in [4.69, 9.17) is 5.84 Å². The van der Waals surface area contributed by atoms with Crippen molar-refractivity contribution in [2.75, 3.05) is 19.6 Å². The van der Waals surface area contributed by atoms with E-state index in [0.717, 1.165) is 11.6 Å². The number of hydrogen-bond acceptors (Lipinski definition) is 5. The van der Waals surface area contributed by atoms with Gasteiger partial charge in [-0.05, 0) is 6.42 Å². The molecule has 4 N–H and O–H groups in total. The summed E-state index contributed by atoms with van der Waals surface area (Å²) in [5.41, 5.74) is 5.04. The summed E-state index contributed by atoms with van der Waals surface area (Å²) in [7, 11) is 0. The Morgan fingerprint density at radius 3 is 2.70 bits per heavy atom. The van der Waals surface area contributed by atoms with Crippen molar-refractivity contribution in [2.45, 2.75) is 13.3 Å². The maximum atomic E-state index is 10.7. The van der Waals surface area contributed by atoms with Crippen LogP contribution in [-0.2, 0) is 0 Å². The van der Waals surface area contributed by atoms with Gasteiger partial charge < -0.3 is 10.4 Å². The van der Waals surface area contributed by atoms with Crippen LogP contribution in [0.3, 0.4) is 0 Å². The van der Waals surface area contributed by atoms with Crippen molar-refractivity contribution < 1.29 is 0 Å². The van der Waals surface area contributed by atoms with Gasteiger partial charge in [-0.25, -0.2) is 0 Å². The zero-order valence-corrected chi connectivity index (χ0v) is 6.26. The number of hydrazine groups is 2. The molecule has 0 aromatic heterocycles. The second kappa shape index (κ2) is 6.91. The molecule has 5 heteroatoms. The van der Waals surface area contributed by atoms with Crippen LogP contribution >= 0.6 is 0 Å². The summed E-state index contributed by atoms with van der Waals surface area (Å²) in [6.45, 7) is 3.59. The van der Waals surface area contributed by atoms with E-state index in [1.807, 2.05) is 6.92 Å². The van der Waals surface area contributed by atoms with Crippen molar-refractivity contribution in [3.63, 3.8) is 0 Å². The van der Waals surface area contributed by atoms with Crippen molar-refractivity contribution in [2.24, 2.45) is 5.84 Å². The lowest BCUT2D eigenvalue weighted by Gasteiger charge is -2.28. The Bertz CT molecular complexity index is 62.7. The predicted octanol–water partition coefficient (Wildman–Crippen LogP) is -0.836. The van der Waals surface area contributed by atoms with Crippen LogP contribution in [0.5, 0.6) is 0 Å². The first-order valence-electron chi connectivity index (χ1n) is 3.43. The minimum Gasteiger partial charge on any atom is -0.772 e. The number of rotatable bonds is 6. The van der Waals surface area contributed by atoms with Gasteiger partial charge in [0.25, 0.3) is 0 Å². The summed E-state index contributed by atoms with van der Waals surface area (Å²) in [6.07, 6.45) is 0.953. The monoisotopic (exact) mass is 147 g/mol. The minimum atomic E-state index is 0.372. The van der Waals surface area contributed by atoms with E-state index in [1.54, 1.807) is 0 Å². The number of nitrogens with two attached hydrogens (primary N) is 1. The van der Waals surface area contributed by atoms with E-state index in [-0.39, 0.29) is 0 Å². The molecule has 0 heterocycles. The Balaban J connectivity index is 3.00. The van der Waals surface area contributed by atoms with Crippen molar-refractivity contribution in [1.82, 2.24) is 16.0 Å². The quantitative estimate of drug-likeness (QED) is 0.337. The fraction of sp³-hybridized carbons (Fsp3) is 1.00. The SMILES string of the molecule is CCCNN([O-])CCNN. The van der Waals surface area contributed by atoms with E-state index in [9.17, 15) is 5.21 Å². The highest BCUT2D eigenvalue weighted by atomic mass is 16.5. The lowest BCUT2D eigenvalue weighted by Crippen LogP contribution is -2.39. The second-order valence-electron chi connectivity index (χ2n) is 1.96. The molecule has 0 fully saturated rings. The molecule has 0 unspecified atom stereocenters. The van der Waals surface area contributed by atoms with Crippen molar-refractivity contribution in [3.8, 4) is 0 Å². The van der Waals surface area contributed by atoms with Gasteiger partial charge in [-0.3, -0.25) is 16.7 Å². The molecule has 5 nitrogen and oxygen atoms in total. The van der Waals surface area contributed by atoms with Gasteiger partial charge in [0.05, 0.1) is 0 Å². The zero-order chi connectivity index (χ0) is 7.82. The molecule has 0 aromatic carbocycles. The molecule has 0 aromatic rings. The first-order chi connectivity index (χ1) is 4.81. The first kappa shape index (κ1) is 9.80. The predicted molar refractivity (Wildman–Crippen MR) is 40.6 cm³/mol. The Hall–Kier alpha value is -0.200. The lowest BCUT2D eigenvalue weighted by atomic mass is 10.5. The normalized spacial score (nSPS) is 10.8. The summed E-state index contributed by atoms with van der Waals surface area (Å²) in [6, 6.07) is 0. The number of nitrogens with one attached hydrogen (secondary N) is 2. The molecule has 0 atom stereocenters. The van der Waals surface area contributed by atoms with Gasteiger partial charge in [-0.15, -0.1) is 0 Å². The molecule has 0 aliphatic rings. The summed E-state index contributed by atoms with van der Waals surface area (Å²) in [4.78, 5) is 0. The number of nitrogens with zero attached hydrogens (tertiary/aromatic N) is 1. The average Bonchev–Trinajstić information content (AvgIpc) is 1.97. The van der Waals surface area contributed by atoms with Crippen molar-refractivity contribution in [3.05, 3.63) is 5.21 Å². The fourth-order valence-electron chi connectivity index (χ4n) is 0.482. The van der Waals surface area contributed by atoms with Crippen LogP contribution in [0.2, 0.25) is 0 Å². The van der Waals surface area contributed by atoms with Gasteiger partial charge in [-0.1, -0.05) is 6.92 Å². The molecule has 0 amide bonds. The molecule has 0 aliphatic carbocycles. The minimum absolute atomic E-state index is 0.372. The first-order valence-corrected chi connectivity index (χ1v) is 3.43. The molecule has 0 saturated carbocycles. The van der Waals surface area contributed by atoms with E-state index < -0.39 is 0 Å². The maximum Gasteiger partial charge on any atom is 0.0228 e. The number of hydroxylamine groups is 1. The standard InChI is InChI=1S/C5H15N4O/c1-2-3-8-9(10)5-4-7-6/h7-8H,2-6H2,1H3/q-1. The van der Waals surface area contributed by atoms with E-state index >= 15 is 0 Å². The summed E-state index contributed by atoms with van der Waals surface area (Å²) in [5.74, 6) is 4.96. The molecule has 0 radical (unpaired) electrons. The third-order valence-electron chi connectivity index (χ3n) is 0.997. The van der Waals surface area contributed by atoms with E-state index in [2.05, 4.69) is 10.9 Å².